The van der Waals surface area contributed by atoms with Gasteiger partial charge in [-0.05, 0) is 62.2 Å². The molecule has 0 bridgehead atoms. The van der Waals surface area contributed by atoms with Gasteiger partial charge in [-0.1, -0.05) is 60.1 Å². The van der Waals surface area contributed by atoms with Gasteiger partial charge in [0.05, 0.1) is 12.1 Å². The minimum absolute atomic E-state index is 0. The molecule has 0 radical (unpaired) electrons. The molecule has 1 aliphatic heterocycles. The highest BCUT2D eigenvalue weighted by Gasteiger charge is 2.36. The van der Waals surface area contributed by atoms with Gasteiger partial charge in [0.25, 0.3) is 0 Å². The normalized spacial score (nSPS) is 17.5. The highest BCUT2D eigenvalue weighted by Crippen LogP contribution is 2.39. The highest BCUT2D eigenvalue weighted by atomic mass is 35.5. The smallest absolute Gasteiger partial charge is 0.250 e. The number of nitrogens with zero attached hydrogens (tertiary/aromatic N) is 1. The molecule has 0 saturated heterocycles. The average molecular weight is 486 g/mol. The van der Waals surface area contributed by atoms with Crippen LogP contribution in [0.1, 0.15) is 37.4 Å². The van der Waals surface area contributed by atoms with Crippen molar-refractivity contribution in [3.63, 3.8) is 0 Å². The van der Waals surface area contributed by atoms with Crippen LogP contribution in [0.4, 0.5) is 5.69 Å². The summed E-state index contributed by atoms with van der Waals surface area (Å²) in [5, 5.41) is 8.60. The van der Waals surface area contributed by atoms with Crippen LogP contribution in [-0.2, 0) is 16.0 Å². The second kappa shape index (κ2) is 10.6. The van der Waals surface area contributed by atoms with Crippen LogP contribution in [0.25, 0.3) is 10.8 Å². The SMILES string of the molecule is CN[C@@H](C)C(=O)N[C@H]1CCc2ccccc2N(C(C)c2c(Cl)ccc3ccccc23)C1=O.Cl. The Morgan fingerprint density at radius 2 is 1.76 bits per heavy atom. The molecule has 3 aromatic rings. The van der Waals surface area contributed by atoms with Crippen LogP contribution in [0, 0.1) is 0 Å². The zero-order valence-corrected chi connectivity index (χ0v) is 20.5. The van der Waals surface area contributed by atoms with Gasteiger partial charge in [0.2, 0.25) is 11.8 Å². The first-order valence-corrected chi connectivity index (χ1v) is 11.4. The van der Waals surface area contributed by atoms with Crippen molar-refractivity contribution in [2.24, 2.45) is 0 Å². The van der Waals surface area contributed by atoms with E-state index in [1.165, 1.54) is 0 Å². The summed E-state index contributed by atoms with van der Waals surface area (Å²) in [6.45, 7) is 3.78. The topological polar surface area (TPSA) is 61.4 Å². The molecule has 0 aliphatic carbocycles. The lowest BCUT2D eigenvalue weighted by Gasteiger charge is -2.33. The van der Waals surface area contributed by atoms with Crippen LogP contribution in [0.15, 0.2) is 60.7 Å². The predicted octanol–water partition coefficient (Wildman–Crippen LogP) is 5.05. The number of rotatable bonds is 5. The lowest BCUT2D eigenvalue weighted by Crippen LogP contribution is -2.52. The number of para-hydroxylation sites is 1. The minimum Gasteiger partial charge on any atom is -0.343 e. The monoisotopic (exact) mass is 485 g/mol. The molecule has 174 valence electrons. The Morgan fingerprint density at radius 3 is 2.52 bits per heavy atom. The summed E-state index contributed by atoms with van der Waals surface area (Å²) >= 11 is 6.70. The maximum atomic E-state index is 13.9. The molecule has 33 heavy (non-hydrogen) atoms. The number of carbonyl (C=O) groups excluding carboxylic acids is 2. The van der Waals surface area contributed by atoms with Crippen LogP contribution < -0.4 is 15.5 Å². The van der Waals surface area contributed by atoms with Gasteiger partial charge in [0, 0.05) is 16.3 Å². The summed E-state index contributed by atoms with van der Waals surface area (Å²) in [4.78, 5) is 28.3. The maximum Gasteiger partial charge on any atom is 0.250 e. The zero-order valence-electron chi connectivity index (χ0n) is 19.0. The van der Waals surface area contributed by atoms with Crippen molar-refractivity contribution in [3.05, 3.63) is 76.8 Å². The molecule has 2 amide bonds. The van der Waals surface area contributed by atoms with Crippen molar-refractivity contribution in [2.45, 2.75) is 44.8 Å². The van der Waals surface area contributed by atoms with Crippen LogP contribution >= 0.6 is 24.0 Å². The standard InChI is InChI=1S/C26H28ClN3O2.ClH/c1-16(28-3)25(31)29-22-15-13-19-9-5-7-11-23(19)30(26(22)32)17(2)24-20-10-6-4-8-18(20)12-14-21(24)27;/h4-12,14,16-17,22,28H,13,15H2,1-3H3,(H,29,31);1H/t16-,17?,22-;/m0./s1. The van der Waals surface area contributed by atoms with E-state index in [0.29, 0.717) is 17.9 Å². The van der Waals surface area contributed by atoms with Crippen molar-refractivity contribution < 1.29 is 9.59 Å². The Hall–Kier alpha value is -2.60. The first-order chi connectivity index (χ1) is 15.4. The third-order valence-corrected chi connectivity index (χ3v) is 6.68. The highest BCUT2D eigenvalue weighted by molar-refractivity contribution is 6.32. The van der Waals surface area contributed by atoms with Crippen molar-refractivity contribution >= 4 is 52.3 Å². The summed E-state index contributed by atoms with van der Waals surface area (Å²) in [5.41, 5.74) is 2.86. The number of nitrogens with one attached hydrogen (secondary N) is 2. The molecule has 0 saturated carbocycles. The lowest BCUT2D eigenvalue weighted by molar-refractivity contribution is -0.128. The predicted molar refractivity (Wildman–Crippen MR) is 137 cm³/mol. The molecular weight excluding hydrogens is 457 g/mol. The molecule has 0 fully saturated rings. The maximum absolute atomic E-state index is 13.9. The minimum atomic E-state index is -0.609. The molecule has 0 aromatic heterocycles. The average Bonchev–Trinajstić information content (AvgIpc) is 2.94. The van der Waals surface area contributed by atoms with Crippen LogP contribution in [-0.4, -0.2) is 30.9 Å². The molecule has 5 nitrogen and oxygen atoms in total. The Morgan fingerprint density at radius 1 is 1.06 bits per heavy atom. The van der Waals surface area contributed by atoms with Crippen molar-refractivity contribution in [1.29, 1.82) is 0 Å². The number of halogens is 2. The first-order valence-electron chi connectivity index (χ1n) is 11.0. The van der Waals surface area contributed by atoms with Crippen LogP contribution in [0.3, 0.4) is 0 Å². The lowest BCUT2D eigenvalue weighted by atomic mass is 9.97. The first kappa shape index (κ1) is 25.0. The van der Waals surface area contributed by atoms with E-state index in [0.717, 1.165) is 27.6 Å². The summed E-state index contributed by atoms with van der Waals surface area (Å²) in [7, 11) is 1.73. The number of aryl methyl sites for hydroxylation is 1. The molecule has 4 rings (SSSR count). The number of hydrogen-bond donors (Lipinski definition) is 2. The molecule has 1 aliphatic rings. The zero-order chi connectivity index (χ0) is 22.8. The largest absolute Gasteiger partial charge is 0.343 e. The molecule has 3 atom stereocenters. The number of likely N-dealkylation sites (N-methyl/N-ethyl adjacent to an activating group) is 1. The van der Waals surface area contributed by atoms with E-state index in [4.69, 9.17) is 11.6 Å². The van der Waals surface area contributed by atoms with Crippen molar-refractivity contribution in [2.75, 3.05) is 11.9 Å². The second-order valence-electron chi connectivity index (χ2n) is 8.31. The number of amides is 2. The molecule has 1 unspecified atom stereocenters. The van der Waals surface area contributed by atoms with Crippen LogP contribution in [0.5, 0.6) is 0 Å². The fraction of sp³-hybridized carbons (Fsp3) is 0.308. The number of hydrogen-bond acceptors (Lipinski definition) is 3. The molecule has 0 spiro atoms. The third kappa shape index (κ3) is 4.86. The van der Waals surface area contributed by atoms with Crippen LogP contribution in [0.2, 0.25) is 5.02 Å². The number of fused-ring (bicyclic) bond motifs is 2. The second-order valence-corrected chi connectivity index (χ2v) is 8.71. The summed E-state index contributed by atoms with van der Waals surface area (Å²) in [6.07, 6.45) is 1.25. The number of anilines is 1. The van der Waals surface area contributed by atoms with Crippen molar-refractivity contribution in [3.8, 4) is 0 Å². The van der Waals surface area contributed by atoms with Gasteiger partial charge in [0.15, 0.2) is 0 Å². The van der Waals surface area contributed by atoms with Gasteiger partial charge in [0.1, 0.15) is 6.04 Å². The molecular formula is C26H29Cl2N3O2. The van der Waals surface area contributed by atoms with Gasteiger partial charge in [-0.3, -0.25) is 9.59 Å². The fourth-order valence-corrected chi connectivity index (χ4v) is 4.77. The summed E-state index contributed by atoms with van der Waals surface area (Å²) < 4.78 is 0. The Labute approximate surface area is 205 Å². The summed E-state index contributed by atoms with van der Waals surface area (Å²) in [6, 6.07) is 18.6. The third-order valence-electron chi connectivity index (χ3n) is 6.35. The van der Waals surface area contributed by atoms with E-state index in [9.17, 15) is 9.59 Å². The Bertz CT molecular complexity index is 1170. The van der Waals surface area contributed by atoms with Gasteiger partial charge in [-0.25, -0.2) is 0 Å². The van der Waals surface area contributed by atoms with Crippen molar-refractivity contribution in [1.82, 2.24) is 10.6 Å². The van der Waals surface area contributed by atoms with Gasteiger partial charge in [-0.2, -0.15) is 0 Å². The van der Waals surface area contributed by atoms with E-state index in [1.54, 1.807) is 14.0 Å². The summed E-state index contributed by atoms with van der Waals surface area (Å²) in [5.74, 6) is -0.310. The molecule has 2 N–H and O–H groups in total. The number of carbonyl (C=O) groups is 2. The number of benzene rings is 3. The Balaban J connectivity index is 0.00000306. The fourth-order valence-electron chi connectivity index (χ4n) is 4.45. The van der Waals surface area contributed by atoms with E-state index in [1.807, 2.05) is 72.5 Å². The molecule has 1 heterocycles. The van der Waals surface area contributed by atoms with E-state index in [-0.39, 0.29) is 36.3 Å². The quantitative estimate of drug-likeness (QED) is 0.531. The van der Waals surface area contributed by atoms with E-state index < -0.39 is 6.04 Å². The molecule has 3 aromatic carbocycles. The molecule has 7 heteroatoms. The van der Waals surface area contributed by atoms with Gasteiger partial charge >= 0.3 is 0 Å². The van der Waals surface area contributed by atoms with Gasteiger partial charge < -0.3 is 15.5 Å². The van der Waals surface area contributed by atoms with Gasteiger partial charge in [-0.15, -0.1) is 12.4 Å². The van der Waals surface area contributed by atoms with E-state index >= 15 is 0 Å². The van der Waals surface area contributed by atoms with E-state index in [2.05, 4.69) is 10.6 Å². The Kier molecular flexibility index (Phi) is 8.01.